The summed E-state index contributed by atoms with van der Waals surface area (Å²) in [5.41, 5.74) is 1.57. The minimum absolute atomic E-state index is 0.0473. The first kappa shape index (κ1) is 13.4. The van der Waals surface area contributed by atoms with Gasteiger partial charge in [0.2, 0.25) is 0 Å². The van der Waals surface area contributed by atoms with Gasteiger partial charge in [-0.3, -0.25) is 9.78 Å². The number of rotatable bonds is 5. The van der Waals surface area contributed by atoms with E-state index in [-0.39, 0.29) is 12.2 Å². The van der Waals surface area contributed by atoms with Gasteiger partial charge in [-0.05, 0) is 30.7 Å². The molecule has 0 saturated carbocycles. The molecule has 1 aromatic carbocycles. The molecule has 3 rings (SSSR count). The summed E-state index contributed by atoms with van der Waals surface area (Å²) in [5, 5.41) is 5.12. The van der Waals surface area contributed by atoms with E-state index in [1.54, 1.807) is 10.9 Å². The van der Waals surface area contributed by atoms with Crippen LogP contribution in [0, 0.1) is 0 Å². The van der Waals surface area contributed by atoms with Gasteiger partial charge < -0.3 is 0 Å². The largest absolute Gasteiger partial charge is 0.294 e. The van der Waals surface area contributed by atoms with Gasteiger partial charge in [0.25, 0.3) is 0 Å². The van der Waals surface area contributed by atoms with Crippen molar-refractivity contribution >= 4 is 16.7 Å². The first-order valence-corrected chi connectivity index (χ1v) is 7.02. The van der Waals surface area contributed by atoms with E-state index in [0.717, 1.165) is 23.9 Å². The average molecular weight is 280 g/mol. The van der Waals surface area contributed by atoms with Gasteiger partial charge in [-0.15, -0.1) is 0 Å². The van der Waals surface area contributed by atoms with Crippen molar-refractivity contribution in [1.29, 1.82) is 0 Å². The number of hydrogen-bond donors (Lipinski definition) is 0. The lowest BCUT2D eigenvalue weighted by molar-refractivity contribution is 0.0989. The van der Waals surface area contributed by atoms with Gasteiger partial charge in [0, 0.05) is 23.7 Å². The number of aryl methyl sites for hydroxylation is 1. The summed E-state index contributed by atoms with van der Waals surface area (Å²) in [7, 11) is 0. The summed E-state index contributed by atoms with van der Waals surface area (Å²) >= 11 is 0. The Morgan fingerprint density at radius 3 is 3.00 bits per heavy atom. The van der Waals surface area contributed by atoms with E-state index < -0.39 is 0 Å². The molecule has 0 aliphatic carbocycles. The molecule has 0 N–H and O–H groups in total. The molecule has 106 valence electrons. The first-order valence-electron chi connectivity index (χ1n) is 7.02. The molecule has 3 aromatic rings. The van der Waals surface area contributed by atoms with Crippen molar-refractivity contribution in [2.75, 3.05) is 0 Å². The molecule has 2 aromatic heterocycles. The van der Waals surface area contributed by atoms with Crippen LogP contribution in [-0.4, -0.2) is 25.5 Å². The molecular formula is C16H16N4O. The molecule has 0 saturated heterocycles. The highest BCUT2D eigenvalue weighted by Crippen LogP contribution is 2.15. The van der Waals surface area contributed by atoms with Gasteiger partial charge in [-0.2, -0.15) is 5.10 Å². The average Bonchev–Trinajstić information content (AvgIpc) is 2.94. The zero-order valence-electron chi connectivity index (χ0n) is 11.9. The summed E-state index contributed by atoms with van der Waals surface area (Å²) in [6, 6.07) is 9.40. The van der Waals surface area contributed by atoms with Crippen LogP contribution < -0.4 is 0 Å². The van der Waals surface area contributed by atoms with E-state index in [9.17, 15) is 4.79 Å². The lowest BCUT2D eigenvalue weighted by Crippen LogP contribution is -2.11. The number of fused-ring (bicyclic) bond motifs is 1. The summed E-state index contributed by atoms with van der Waals surface area (Å²) < 4.78 is 1.79. The lowest BCUT2D eigenvalue weighted by atomic mass is 10.1. The predicted octanol–water partition coefficient (Wildman–Crippen LogP) is 2.66. The van der Waals surface area contributed by atoms with Gasteiger partial charge in [0.15, 0.2) is 5.78 Å². The highest BCUT2D eigenvalue weighted by Gasteiger charge is 2.12. The van der Waals surface area contributed by atoms with Crippen LogP contribution in [0.1, 0.15) is 29.5 Å². The summed E-state index contributed by atoms with van der Waals surface area (Å²) in [5.74, 6) is 0.763. The minimum Gasteiger partial charge on any atom is -0.294 e. The Morgan fingerprint density at radius 1 is 1.24 bits per heavy atom. The molecular weight excluding hydrogens is 264 g/mol. The molecule has 0 spiro atoms. The van der Waals surface area contributed by atoms with E-state index in [2.05, 4.69) is 22.0 Å². The summed E-state index contributed by atoms with van der Waals surface area (Å²) in [4.78, 5) is 20.9. The number of aromatic nitrogens is 4. The van der Waals surface area contributed by atoms with Crippen molar-refractivity contribution < 1.29 is 4.79 Å². The molecule has 0 bridgehead atoms. The van der Waals surface area contributed by atoms with Crippen LogP contribution in [-0.2, 0) is 13.0 Å². The van der Waals surface area contributed by atoms with Crippen molar-refractivity contribution in [2.24, 2.45) is 0 Å². The molecule has 5 nitrogen and oxygen atoms in total. The lowest BCUT2D eigenvalue weighted by Gasteiger charge is -2.05. The normalized spacial score (nSPS) is 10.9. The Bertz CT molecular complexity index is 779. The van der Waals surface area contributed by atoms with Crippen molar-refractivity contribution in [2.45, 2.75) is 26.3 Å². The van der Waals surface area contributed by atoms with Crippen LogP contribution in [0.3, 0.4) is 0 Å². The van der Waals surface area contributed by atoms with Crippen LogP contribution in [0.25, 0.3) is 10.9 Å². The molecule has 0 aliphatic heterocycles. The van der Waals surface area contributed by atoms with Gasteiger partial charge in [0.05, 0.1) is 11.9 Å². The molecule has 0 unspecified atom stereocenters. The SMILES string of the molecule is CCCn1ncnc1CC(=O)c1ccc2ncccc2c1. The predicted molar refractivity (Wildman–Crippen MR) is 80.1 cm³/mol. The second kappa shape index (κ2) is 5.83. The van der Waals surface area contributed by atoms with Crippen LogP contribution >= 0.6 is 0 Å². The third-order valence-electron chi connectivity index (χ3n) is 3.37. The highest BCUT2D eigenvalue weighted by molar-refractivity contribution is 6.00. The fourth-order valence-corrected chi connectivity index (χ4v) is 2.32. The fraction of sp³-hybridized carbons (Fsp3) is 0.250. The first-order chi connectivity index (χ1) is 10.3. The number of ketones is 1. The van der Waals surface area contributed by atoms with Crippen molar-refractivity contribution in [3.63, 3.8) is 0 Å². The standard InChI is InChI=1S/C16H16N4O/c1-2-8-20-16(18-11-19-20)10-15(21)13-5-6-14-12(9-13)4-3-7-17-14/h3-7,9,11H,2,8,10H2,1H3. The quantitative estimate of drug-likeness (QED) is 0.674. The highest BCUT2D eigenvalue weighted by atomic mass is 16.1. The van der Waals surface area contributed by atoms with Crippen LogP contribution in [0.4, 0.5) is 0 Å². The van der Waals surface area contributed by atoms with Gasteiger partial charge in [-0.1, -0.05) is 13.0 Å². The Morgan fingerprint density at radius 2 is 2.14 bits per heavy atom. The zero-order valence-corrected chi connectivity index (χ0v) is 11.9. The van der Waals surface area contributed by atoms with Gasteiger partial charge in [-0.25, -0.2) is 9.67 Å². The number of benzene rings is 1. The number of hydrogen-bond acceptors (Lipinski definition) is 4. The maximum absolute atomic E-state index is 12.4. The van der Waals surface area contributed by atoms with Crippen LogP contribution in [0.2, 0.25) is 0 Å². The Kier molecular flexibility index (Phi) is 3.73. The monoisotopic (exact) mass is 280 g/mol. The van der Waals surface area contributed by atoms with Crippen LogP contribution in [0.5, 0.6) is 0 Å². The Labute approximate surface area is 122 Å². The molecule has 0 atom stereocenters. The smallest absolute Gasteiger partial charge is 0.170 e. The minimum atomic E-state index is 0.0473. The molecule has 0 aliphatic rings. The number of Topliss-reactive ketones (excluding diaryl/α,β-unsaturated/α-hetero) is 1. The molecule has 0 radical (unpaired) electrons. The van der Waals surface area contributed by atoms with Gasteiger partial charge in [0.1, 0.15) is 12.2 Å². The zero-order chi connectivity index (χ0) is 14.7. The van der Waals surface area contributed by atoms with Crippen LogP contribution in [0.15, 0.2) is 42.9 Å². The topological polar surface area (TPSA) is 60.7 Å². The number of carbonyl (C=O) groups is 1. The molecule has 0 fully saturated rings. The van der Waals surface area contributed by atoms with E-state index in [4.69, 9.17) is 0 Å². The van der Waals surface area contributed by atoms with E-state index in [1.165, 1.54) is 6.33 Å². The molecule has 5 heteroatoms. The van der Waals surface area contributed by atoms with Crippen molar-refractivity contribution in [1.82, 2.24) is 19.7 Å². The third-order valence-corrected chi connectivity index (χ3v) is 3.37. The second-order valence-corrected chi connectivity index (χ2v) is 4.91. The Balaban J connectivity index is 1.84. The Hall–Kier alpha value is -2.56. The molecule has 2 heterocycles. The third kappa shape index (κ3) is 2.81. The van der Waals surface area contributed by atoms with Crippen molar-refractivity contribution in [3.8, 4) is 0 Å². The maximum Gasteiger partial charge on any atom is 0.170 e. The van der Waals surface area contributed by atoms with E-state index >= 15 is 0 Å². The fourth-order valence-electron chi connectivity index (χ4n) is 2.32. The maximum atomic E-state index is 12.4. The number of carbonyl (C=O) groups excluding carboxylic acids is 1. The second-order valence-electron chi connectivity index (χ2n) is 4.91. The van der Waals surface area contributed by atoms with E-state index in [0.29, 0.717) is 11.4 Å². The molecule has 0 amide bonds. The van der Waals surface area contributed by atoms with E-state index in [1.807, 2.05) is 30.3 Å². The molecule has 21 heavy (non-hydrogen) atoms. The summed E-state index contributed by atoms with van der Waals surface area (Å²) in [6.45, 7) is 2.86. The van der Waals surface area contributed by atoms with Crippen molar-refractivity contribution in [3.05, 3.63) is 54.2 Å². The number of nitrogens with zero attached hydrogens (tertiary/aromatic N) is 4. The number of pyridine rings is 1. The summed E-state index contributed by atoms with van der Waals surface area (Å²) in [6.07, 6.45) is 4.48. The van der Waals surface area contributed by atoms with Gasteiger partial charge >= 0.3 is 0 Å².